The van der Waals surface area contributed by atoms with Gasteiger partial charge in [0.15, 0.2) is 0 Å². The van der Waals surface area contributed by atoms with Crippen molar-refractivity contribution in [3.63, 3.8) is 0 Å². The van der Waals surface area contributed by atoms with Gasteiger partial charge in [0.1, 0.15) is 6.11 Å². The van der Waals surface area contributed by atoms with Gasteiger partial charge < -0.3 is 4.18 Å². The monoisotopic (exact) mass is 202 g/mol. The molecule has 7 heteroatoms. The molecule has 0 aromatic carbocycles. The van der Waals surface area contributed by atoms with Crippen LogP contribution in [0.25, 0.3) is 0 Å². The van der Waals surface area contributed by atoms with E-state index in [-0.39, 0.29) is 0 Å². The first-order chi connectivity index (χ1) is 5.27. The highest BCUT2D eigenvalue weighted by molar-refractivity contribution is 7.86. The summed E-state index contributed by atoms with van der Waals surface area (Å²) in [5.74, 6) is -1.15. The Kier molecular flexibility index (Phi) is 3.39. The quantitative estimate of drug-likeness (QED) is 0.504. The fraction of sp³-hybridized carbons (Fsp3) is 0.600. The molecule has 0 rings (SSSR count). The molecule has 70 valence electrons. The second-order valence-electron chi connectivity index (χ2n) is 1.83. The number of hydrogen-bond donors (Lipinski definition) is 0. The van der Waals surface area contributed by atoms with E-state index in [2.05, 4.69) is 10.6 Å². The standard InChI is InChI=1S/C5H5F3O3S/c1-2-11-12(9,10)4-3-5(6,7)8/h1H,3-4H2. The van der Waals surface area contributed by atoms with E-state index in [0.717, 1.165) is 0 Å². The Bertz CT molecular complexity index is 271. The van der Waals surface area contributed by atoms with E-state index in [4.69, 9.17) is 0 Å². The van der Waals surface area contributed by atoms with Gasteiger partial charge in [0, 0.05) is 0 Å². The van der Waals surface area contributed by atoms with Crippen molar-refractivity contribution in [3.8, 4) is 12.5 Å². The molecule has 0 aromatic heterocycles. The summed E-state index contributed by atoms with van der Waals surface area (Å²) < 4.78 is 58.8. The highest BCUT2D eigenvalue weighted by Crippen LogP contribution is 2.20. The van der Waals surface area contributed by atoms with Gasteiger partial charge in [0.2, 0.25) is 0 Å². The molecule has 3 nitrogen and oxygen atoms in total. The van der Waals surface area contributed by atoms with Crippen LogP contribution in [0.1, 0.15) is 6.42 Å². The first-order valence-corrected chi connectivity index (χ1v) is 4.28. The van der Waals surface area contributed by atoms with Gasteiger partial charge in [-0.05, 0) is 0 Å². The molecule has 0 radical (unpaired) electrons. The second-order valence-corrected chi connectivity index (χ2v) is 3.52. The minimum Gasteiger partial charge on any atom is -0.328 e. The molecule has 0 aliphatic heterocycles. The predicted molar refractivity (Wildman–Crippen MR) is 34.4 cm³/mol. The largest absolute Gasteiger partial charge is 0.390 e. The zero-order chi connectivity index (χ0) is 9.83. The van der Waals surface area contributed by atoms with Crippen LogP contribution < -0.4 is 0 Å². The Morgan fingerprint density at radius 1 is 1.42 bits per heavy atom. The topological polar surface area (TPSA) is 43.4 Å². The molecule has 0 aromatic rings. The molecule has 0 bridgehead atoms. The maximum absolute atomic E-state index is 11.5. The number of terminal acetylenes is 1. The average molecular weight is 202 g/mol. The predicted octanol–water partition coefficient (Wildman–Crippen LogP) is 0.876. The van der Waals surface area contributed by atoms with Crippen molar-refractivity contribution in [2.45, 2.75) is 12.6 Å². The molecule has 0 aliphatic rings. The summed E-state index contributed by atoms with van der Waals surface area (Å²) in [5.41, 5.74) is 0. The smallest absolute Gasteiger partial charge is 0.328 e. The Hall–Kier alpha value is -0.900. The lowest BCUT2D eigenvalue weighted by molar-refractivity contribution is -0.130. The van der Waals surface area contributed by atoms with E-state index < -0.39 is 28.5 Å². The number of hydrogen-bond acceptors (Lipinski definition) is 3. The molecule has 0 atom stereocenters. The summed E-state index contributed by atoms with van der Waals surface area (Å²) >= 11 is 0. The van der Waals surface area contributed by atoms with E-state index in [1.165, 1.54) is 6.11 Å². The van der Waals surface area contributed by atoms with Crippen LogP contribution in [-0.4, -0.2) is 20.3 Å². The van der Waals surface area contributed by atoms with E-state index in [0.29, 0.717) is 0 Å². The summed E-state index contributed by atoms with van der Waals surface area (Å²) in [6.45, 7) is 0. The van der Waals surface area contributed by atoms with Crippen molar-refractivity contribution in [2.24, 2.45) is 0 Å². The van der Waals surface area contributed by atoms with Crippen LogP contribution in [0.2, 0.25) is 0 Å². The lowest BCUT2D eigenvalue weighted by Crippen LogP contribution is -2.16. The molecule has 0 spiro atoms. The summed E-state index contributed by atoms with van der Waals surface area (Å²) in [6.07, 6.45) is -0.274. The summed E-state index contributed by atoms with van der Waals surface area (Å²) in [6, 6.07) is 0. The second kappa shape index (κ2) is 3.67. The molecule has 0 fully saturated rings. The van der Waals surface area contributed by atoms with Crippen LogP contribution in [0, 0.1) is 12.5 Å². The van der Waals surface area contributed by atoms with Crippen molar-refractivity contribution in [1.82, 2.24) is 0 Å². The third-order valence-corrected chi connectivity index (χ3v) is 1.86. The normalized spacial score (nSPS) is 12.2. The van der Waals surface area contributed by atoms with E-state index in [1.54, 1.807) is 0 Å². The zero-order valence-corrected chi connectivity index (χ0v) is 6.57. The van der Waals surface area contributed by atoms with Crippen LogP contribution in [0.15, 0.2) is 0 Å². The summed E-state index contributed by atoms with van der Waals surface area (Å²) in [4.78, 5) is 0. The summed E-state index contributed by atoms with van der Waals surface area (Å²) in [5, 5.41) is 0. The molecule has 0 saturated heterocycles. The van der Waals surface area contributed by atoms with E-state index >= 15 is 0 Å². The Morgan fingerprint density at radius 3 is 2.25 bits per heavy atom. The van der Waals surface area contributed by atoms with Crippen LogP contribution in [0.5, 0.6) is 0 Å². The zero-order valence-electron chi connectivity index (χ0n) is 5.76. The lowest BCUT2D eigenvalue weighted by Gasteiger charge is -2.04. The Morgan fingerprint density at radius 2 is 1.92 bits per heavy atom. The number of alkyl halides is 3. The number of halogens is 3. The van der Waals surface area contributed by atoms with Gasteiger partial charge in [-0.2, -0.15) is 21.6 Å². The Balaban J connectivity index is 4.05. The highest BCUT2D eigenvalue weighted by Gasteiger charge is 2.30. The van der Waals surface area contributed by atoms with Gasteiger partial charge in [-0.15, -0.1) is 0 Å². The van der Waals surface area contributed by atoms with Crippen LogP contribution >= 0.6 is 0 Å². The van der Waals surface area contributed by atoms with Gasteiger partial charge in [-0.1, -0.05) is 6.42 Å². The molecule has 0 heterocycles. The van der Waals surface area contributed by atoms with Gasteiger partial charge in [0.05, 0.1) is 12.2 Å². The van der Waals surface area contributed by atoms with Crippen molar-refractivity contribution >= 4 is 10.1 Å². The van der Waals surface area contributed by atoms with Crippen molar-refractivity contribution in [2.75, 3.05) is 5.75 Å². The highest BCUT2D eigenvalue weighted by atomic mass is 32.2. The van der Waals surface area contributed by atoms with Crippen LogP contribution in [-0.2, 0) is 14.3 Å². The average Bonchev–Trinajstić information content (AvgIpc) is 1.83. The molecular formula is C5H5F3O3S. The molecule has 0 amide bonds. The van der Waals surface area contributed by atoms with Crippen molar-refractivity contribution < 1.29 is 25.8 Å². The molecule has 0 unspecified atom stereocenters. The maximum Gasteiger partial charge on any atom is 0.390 e. The van der Waals surface area contributed by atoms with Gasteiger partial charge in [-0.3, -0.25) is 0 Å². The van der Waals surface area contributed by atoms with Gasteiger partial charge in [0.25, 0.3) is 0 Å². The van der Waals surface area contributed by atoms with Crippen molar-refractivity contribution in [3.05, 3.63) is 0 Å². The molecule has 0 aliphatic carbocycles. The minimum absolute atomic E-state index is 1.15. The first kappa shape index (κ1) is 11.1. The fourth-order valence-corrected chi connectivity index (χ4v) is 1.07. The first-order valence-electron chi connectivity index (χ1n) is 2.70. The lowest BCUT2D eigenvalue weighted by atomic mass is 10.5. The third kappa shape index (κ3) is 5.85. The molecule has 0 saturated carbocycles. The Labute approximate surface area is 67.6 Å². The van der Waals surface area contributed by atoms with Crippen LogP contribution in [0.3, 0.4) is 0 Å². The fourth-order valence-electron chi connectivity index (χ4n) is 0.356. The minimum atomic E-state index is -4.52. The van der Waals surface area contributed by atoms with Gasteiger partial charge in [-0.25, -0.2) is 0 Å². The summed E-state index contributed by atoms with van der Waals surface area (Å²) in [7, 11) is -4.22. The number of rotatable bonds is 3. The molecule has 12 heavy (non-hydrogen) atoms. The van der Waals surface area contributed by atoms with E-state index in [1.807, 2.05) is 0 Å². The third-order valence-electron chi connectivity index (χ3n) is 0.811. The molecule has 0 N–H and O–H groups in total. The van der Waals surface area contributed by atoms with Crippen molar-refractivity contribution in [1.29, 1.82) is 0 Å². The molecular weight excluding hydrogens is 197 g/mol. The maximum atomic E-state index is 11.5. The van der Waals surface area contributed by atoms with Crippen LogP contribution in [0.4, 0.5) is 13.2 Å². The van der Waals surface area contributed by atoms with Gasteiger partial charge >= 0.3 is 16.3 Å². The SMILES string of the molecule is C#COS(=O)(=O)CCC(F)(F)F. The van der Waals surface area contributed by atoms with E-state index in [9.17, 15) is 21.6 Å².